The second-order valence-corrected chi connectivity index (χ2v) is 6.02. The lowest BCUT2D eigenvalue weighted by Crippen LogP contribution is -2.60. The first-order chi connectivity index (χ1) is 11.5. The lowest BCUT2D eigenvalue weighted by atomic mass is 9.98. The predicted octanol–water partition coefficient (Wildman–Crippen LogP) is 2.48. The third-order valence-corrected chi connectivity index (χ3v) is 4.11. The summed E-state index contributed by atoms with van der Waals surface area (Å²) in [5.41, 5.74) is 0.650. The van der Waals surface area contributed by atoms with Crippen LogP contribution >= 0.6 is 0 Å². The number of hydrogen-bond donors (Lipinski definition) is 0. The number of likely N-dealkylation sites (N-methyl/N-ethyl adjacent to an activating group) is 1. The van der Waals surface area contributed by atoms with Crippen molar-refractivity contribution in [1.82, 2.24) is 9.88 Å². The van der Waals surface area contributed by atoms with Crippen molar-refractivity contribution >= 4 is 5.91 Å². The van der Waals surface area contributed by atoms with E-state index in [4.69, 9.17) is 4.74 Å². The van der Waals surface area contributed by atoms with E-state index >= 15 is 0 Å². The van der Waals surface area contributed by atoms with Gasteiger partial charge in [0, 0.05) is 24.4 Å². The predicted molar refractivity (Wildman–Crippen MR) is 87.9 cm³/mol. The van der Waals surface area contributed by atoms with Gasteiger partial charge in [0.05, 0.1) is 18.8 Å². The minimum atomic E-state index is -0.671. The molecule has 1 aliphatic rings. The van der Waals surface area contributed by atoms with Crippen LogP contribution in [-0.4, -0.2) is 41.6 Å². The molecule has 1 aromatic heterocycles. The van der Waals surface area contributed by atoms with Crippen LogP contribution in [0.15, 0.2) is 42.6 Å². The Kier molecular flexibility index (Phi) is 4.32. The summed E-state index contributed by atoms with van der Waals surface area (Å²) in [6, 6.07) is 10.6. The minimum absolute atomic E-state index is 0.198. The maximum atomic E-state index is 14.3. The second kappa shape index (κ2) is 6.42. The Morgan fingerprint density at radius 3 is 2.50 bits per heavy atom. The number of hydrogen-bond acceptors (Lipinski definition) is 3. The van der Waals surface area contributed by atoms with Gasteiger partial charge >= 0.3 is 0 Å². The zero-order valence-electron chi connectivity index (χ0n) is 13.5. The molecule has 0 radical (unpaired) electrons. The highest BCUT2D eigenvalue weighted by Gasteiger charge is 2.41. The molecule has 5 heteroatoms. The fourth-order valence-corrected chi connectivity index (χ4v) is 2.32. The number of carbonyl (C=O) groups excluding carboxylic acids is 1. The highest BCUT2D eigenvalue weighted by atomic mass is 19.1. The van der Waals surface area contributed by atoms with E-state index in [0.29, 0.717) is 18.8 Å². The van der Waals surface area contributed by atoms with Crippen LogP contribution in [0.2, 0.25) is 0 Å². The Bertz CT molecular complexity index is 820. The molecule has 1 fully saturated rings. The molecule has 1 amide bonds. The third kappa shape index (κ3) is 3.15. The molecule has 0 saturated carbocycles. The van der Waals surface area contributed by atoms with Crippen LogP contribution in [0, 0.1) is 17.7 Å². The summed E-state index contributed by atoms with van der Waals surface area (Å²) in [6.45, 7) is 2.78. The number of pyridine rings is 1. The molecule has 1 saturated heterocycles. The first-order valence-corrected chi connectivity index (χ1v) is 7.58. The van der Waals surface area contributed by atoms with Gasteiger partial charge in [0.15, 0.2) is 11.5 Å². The molecule has 1 aromatic carbocycles. The fraction of sp³-hybridized carbons (Fsp3) is 0.263. The number of nitrogens with zero attached hydrogens (tertiary/aromatic N) is 2. The largest absolute Gasteiger partial charge is 0.376 e. The number of benzene rings is 1. The molecule has 0 unspecified atom stereocenters. The zero-order chi connectivity index (χ0) is 17.2. The maximum Gasteiger partial charge on any atom is 0.275 e. The van der Waals surface area contributed by atoms with E-state index < -0.39 is 17.3 Å². The van der Waals surface area contributed by atoms with Gasteiger partial charge in [-0.1, -0.05) is 30.0 Å². The number of rotatable bonds is 2. The molecule has 0 bridgehead atoms. The highest BCUT2D eigenvalue weighted by Crippen LogP contribution is 2.24. The first kappa shape index (κ1) is 16.2. The van der Waals surface area contributed by atoms with Crippen molar-refractivity contribution in [2.24, 2.45) is 0 Å². The molecular weight excluding hydrogens is 307 g/mol. The Morgan fingerprint density at radius 1 is 1.25 bits per heavy atom. The van der Waals surface area contributed by atoms with E-state index in [1.54, 1.807) is 7.05 Å². The van der Waals surface area contributed by atoms with Gasteiger partial charge in [-0.05, 0) is 25.1 Å². The molecule has 24 heavy (non-hydrogen) atoms. The number of halogens is 1. The average Bonchev–Trinajstić information content (AvgIpc) is 2.57. The normalized spacial score (nSPS) is 15.0. The molecule has 0 N–H and O–H groups in total. The lowest BCUT2D eigenvalue weighted by molar-refractivity contribution is -0.108. The third-order valence-electron chi connectivity index (χ3n) is 4.11. The van der Waals surface area contributed by atoms with Crippen LogP contribution in [0.5, 0.6) is 0 Å². The van der Waals surface area contributed by atoms with Crippen LogP contribution in [0.4, 0.5) is 4.39 Å². The van der Waals surface area contributed by atoms with E-state index in [9.17, 15) is 9.18 Å². The quantitative estimate of drug-likeness (QED) is 0.797. The summed E-state index contributed by atoms with van der Waals surface area (Å²) < 4.78 is 19.4. The van der Waals surface area contributed by atoms with Crippen LogP contribution in [-0.2, 0) is 4.74 Å². The summed E-state index contributed by atoms with van der Waals surface area (Å²) >= 11 is 0. The van der Waals surface area contributed by atoms with Crippen LogP contribution in [0.25, 0.3) is 0 Å². The maximum absolute atomic E-state index is 14.3. The van der Waals surface area contributed by atoms with E-state index in [1.165, 1.54) is 17.2 Å². The van der Waals surface area contributed by atoms with Crippen molar-refractivity contribution in [2.45, 2.75) is 12.5 Å². The summed E-state index contributed by atoms with van der Waals surface area (Å²) in [6.07, 6.45) is 1.42. The van der Waals surface area contributed by atoms with Crippen molar-refractivity contribution < 1.29 is 13.9 Å². The van der Waals surface area contributed by atoms with Crippen molar-refractivity contribution in [1.29, 1.82) is 0 Å². The summed E-state index contributed by atoms with van der Waals surface area (Å²) in [5, 5.41) is 0. The van der Waals surface area contributed by atoms with Crippen molar-refractivity contribution in [3.8, 4) is 11.8 Å². The molecule has 1 aliphatic heterocycles. The zero-order valence-corrected chi connectivity index (χ0v) is 13.5. The van der Waals surface area contributed by atoms with Crippen LogP contribution in [0.3, 0.4) is 0 Å². The molecule has 0 atom stereocenters. The highest BCUT2D eigenvalue weighted by molar-refractivity contribution is 5.93. The van der Waals surface area contributed by atoms with Gasteiger partial charge < -0.3 is 9.64 Å². The number of carbonyl (C=O) groups is 1. The molecule has 3 rings (SSSR count). The second-order valence-electron chi connectivity index (χ2n) is 6.02. The Morgan fingerprint density at radius 2 is 1.92 bits per heavy atom. The SMILES string of the molecule is CN(C(=O)c1ncc(C#Cc2ccccc2)cc1F)C1(C)COC1. The monoisotopic (exact) mass is 324 g/mol. The van der Waals surface area contributed by atoms with E-state index in [1.807, 2.05) is 37.3 Å². The van der Waals surface area contributed by atoms with Gasteiger partial charge in [-0.25, -0.2) is 9.37 Å². The van der Waals surface area contributed by atoms with E-state index in [2.05, 4.69) is 16.8 Å². The van der Waals surface area contributed by atoms with Crippen molar-refractivity contribution in [3.05, 3.63) is 65.2 Å². The van der Waals surface area contributed by atoms with Gasteiger partial charge in [-0.15, -0.1) is 0 Å². The molecule has 122 valence electrons. The fourth-order valence-electron chi connectivity index (χ4n) is 2.32. The van der Waals surface area contributed by atoms with E-state index in [0.717, 1.165) is 5.56 Å². The Hall–Kier alpha value is -2.71. The Balaban J connectivity index is 1.80. The first-order valence-electron chi connectivity index (χ1n) is 7.58. The number of ether oxygens (including phenoxy) is 1. The topological polar surface area (TPSA) is 42.4 Å². The van der Waals surface area contributed by atoms with Crippen LogP contribution < -0.4 is 0 Å². The summed E-state index contributed by atoms with van der Waals surface area (Å²) in [7, 11) is 1.63. The molecule has 4 nitrogen and oxygen atoms in total. The van der Waals surface area contributed by atoms with Crippen LogP contribution in [0.1, 0.15) is 28.5 Å². The van der Waals surface area contributed by atoms with Gasteiger partial charge in [-0.3, -0.25) is 4.79 Å². The molecule has 2 aromatic rings. The van der Waals surface area contributed by atoms with Crippen molar-refractivity contribution in [3.63, 3.8) is 0 Å². The molecule has 2 heterocycles. The van der Waals surface area contributed by atoms with Gasteiger partial charge in [0.25, 0.3) is 5.91 Å². The molecule has 0 spiro atoms. The van der Waals surface area contributed by atoms with Gasteiger partial charge in [0.1, 0.15) is 0 Å². The smallest absolute Gasteiger partial charge is 0.275 e. The summed E-state index contributed by atoms with van der Waals surface area (Å²) in [5.74, 6) is 4.66. The van der Waals surface area contributed by atoms with E-state index in [-0.39, 0.29) is 5.69 Å². The average molecular weight is 324 g/mol. The van der Waals surface area contributed by atoms with Gasteiger partial charge in [0.2, 0.25) is 0 Å². The molecule has 0 aliphatic carbocycles. The number of amides is 1. The standard InChI is InChI=1S/C19H17FN2O2/c1-19(12-24-13-19)22(2)18(23)17-16(20)10-15(11-21-17)9-8-14-6-4-3-5-7-14/h3-7,10-11H,12-13H2,1-2H3. The minimum Gasteiger partial charge on any atom is -0.376 e. The molecular formula is C19H17FN2O2. The number of aromatic nitrogens is 1. The van der Waals surface area contributed by atoms with Crippen molar-refractivity contribution in [2.75, 3.05) is 20.3 Å². The van der Waals surface area contributed by atoms with Gasteiger partial charge in [-0.2, -0.15) is 0 Å². The summed E-state index contributed by atoms with van der Waals surface area (Å²) in [4.78, 5) is 17.9. The Labute approximate surface area is 140 Å². The lowest BCUT2D eigenvalue weighted by Gasteiger charge is -2.45.